The number of nitrogens with one attached hydrogen (secondary N) is 1. The van der Waals surface area contributed by atoms with Crippen LogP contribution >= 0.6 is 0 Å². The van der Waals surface area contributed by atoms with Crippen molar-refractivity contribution in [1.82, 2.24) is 5.32 Å². The fourth-order valence-corrected chi connectivity index (χ4v) is 0.419. The zero-order chi connectivity index (χ0) is 10.3. The molecule has 0 aromatic heterocycles. The Kier molecular flexibility index (Phi) is 4.88. The van der Waals surface area contributed by atoms with Gasteiger partial charge in [0.05, 0.1) is 0 Å². The average Bonchev–Trinajstić information content (AvgIpc) is 2.11. The molecular weight excluding hydrogens is 174 g/mol. The summed E-state index contributed by atoms with van der Waals surface area (Å²) < 4.78 is 0. The van der Waals surface area contributed by atoms with Gasteiger partial charge in [-0.2, -0.15) is 5.26 Å². The predicted molar refractivity (Wildman–Crippen MR) is 43.7 cm³/mol. The molecule has 0 aliphatic carbocycles. The number of nitrogens with zero attached hydrogens (tertiary/aromatic N) is 2. The van der Waals surface area contributed by atoms with Crippen molar-refractivity contribution in [3.63, 3.8) is 0 Å². The van der Waals surface area contributed by atoms with Crippen LogP contribution in [0.5, 0.6) is 0 Å². The largest absolute Gasteiger partial charge is 0.387 e. The summed E-state index contributed by atoms with van der Waals surface area (Å²) in [4.78, 5) is 25.6. The normalized spacial score (nSPS) is 10.1. The summed E-state index contributed by atoms with van der Waals surface area (Å²) >= 11 is 0. The molecule has 0 aromatic rings. The molecule has 0 heterocycles. The number of hydrogen-bond acceptors (Lipinski definition) is 5. The summed E-state index contributed by atoms with van der Waals surface area (Å²) in [5.41, 5.74) is -0.413. The molecule has 0 bridgehead atoms. The van der Waals surface area contributed by atoms with E-state index in [1.54, 1.807) is 0 Å². The second kappa shape index (κ2) is 5.71. The minimum Gasteiger partial charge on any atom is -0.387 e. The van der Waals surface area contributed by atoms with E-state index in [0.29, 0.717) is 0 Å². The van der Waals surface area contributed by atoms with Gasteiger partial charge in [-0.3, -0.25) is 9.59 Å². The molecule has 0 atom stereocenters. The summed E-state index contributed by atoms with van der Waals surface area (Å²) in [5, 5.41) is 13.8. The van der Waals surface area contributed by atoms with Crippen LogP contribution in [0.3, 0.4) is 0 Å². The van der Waals surface area contributed by atoms with Crippen LogP contribution < -0.4 is 5.32 Å². The van der Waals surface area contributed by atoms with Crippen molar-refractivity contribution in [3.05, 3.63) is 0 Å². The first-order chi connectivity index (χ1) is 6.11. The monoisotopic (exact) mass is 183 g/mol. The molecule has 0 rings (SSSR count). The van der Waals surface area contributed by atoms with Gasteiger partial charge < -0.3 is 10.2 Å². The molecule has 70 valence electrons. The van der Waals surface area contributed by atoms with Crippen LogP contribution in [-0.2, 0) is 14.4 Å². The number of amides is 1. The van der Waals surface area contributed by atoms with Gasteiger partial charge in [0, 0.05) is 7.05 Å². The number of rotatable bonds is 4. The van der Waals surface area contributed by atoms with Crippen molar-refractivity contribution in [3.8, 4) is 6.07 Å². The number of oxime groups is 1. The van der Waals surface area contributed by atoms with Gasteiger partial charge in [-0.05, 0) is 6.92 Å². The van der Waals surface area contributed by atoms with Crippen LogP contribution in [0, 0.1) is 11.3 Å². The van der Waals surface area contributed by atoms with E-state index < -0.39 is 11.6 Å². The van der Waals surface area contributed by atoms with Crippen molar-refractivity contribution in [2.75, 3.05) is 13.7 Å². The number of nitriles is 1. The molecule has 0 spiro atoms. The van der Waals surface area contributed by atoms with Crippen molar-refractivity contribution < 1.29 is 14.4 Å². The van der Waals surface area contributed by atoms with Crippen molar-refractivity contribution >= 4 is 17.4 Å². The highest BCUT2D eigenvalue weighted by molar-refractivity contribution is 6.44. The molecule has 6 heteroatoms. The smallest absolute Gasteiger partial charge is 0.284 e. The van der Waals surface area contributed by atoms with E-state index in [2.05, 4.69) is 15.3 Å². The predicted octanol–water partition coefficient (Wildman–Crippen LogP) is -0.782. The third kappa shape index (κ3) is 4.53. The minimum absolute atomic E-state index is 0.238. The van der Waals surface area contributed by atoms with Gasteiger partial charge in [0.1, 0.15) is 6.07 Å². The summed E-state index contributed by atoms with van der Waals surface area (Å²) in [7, 11) is 1.36. The summed E-state index contributed by atoms with van der Waals surface area (Å²) in [5.74, 6) is -0.885. The van der Waals surface area contributed by atoms with E-state index in [-0.39, 0.29) is 12.4 Å². The van der Waals surface area contributed by atoms with Gasteiger partial charge in [0.2, 0.25) is 5.71 Å². The molecule has 0 saturated heterocycles. The first kappa shape index (κ1) is 11.1. The lowest BCUT2D eigenvalue weighted by atomic mass is 10.4. The van der Waals surface area contributed by atoms with E-state index in [0.717, 1.165) is 0 Å². The van der Waals surface area contributed by atoms with Gasteiger partial charge in [-0.25, -0.2) is 0 Å². The molecule has 1 amide bonds. The number of carbonyl (C=O) groups excluding carboxylic acids is 2. The summed E-state index contributed by atoms with van der Waals surface area (Å²) in [6.45, 7) is 1.06. The van der Waals surface area contributed by atoms with Crippen molar-refractivity contribution in [2.24, 2.45) is 5.16 Å². The lowest BCUT2D eigenvalue weighted by molar-refractivity contribution is -0.121. The number of Topliss-reactive ketones (excluding diaryl/α,β-unsaturated/α-hetero) is 1. The molecule has 0 unspecified atom stereocenters. The zero-order valence-electron chi connectivity index (χ0n) is 7.33. The van der Waals surface area contributed by atoms with E-state index in [4.69, 9.17) is 5.26 Å². The fourth-order valence-electron chi connectivity index (χ4n) is 0.419. The highest BCUT2D eigenvalue weighted by Gasteiger charge is 2.08. The lowest BCUT2D eigenvalue weighted by Gasteiger charge is -1.96. The minimum atomic E-state index is -0.647. The van der Waals surface area contributed by atoms with Gasteiger partial charge in [-0.1, -0.05) is 5.16 Å². The third-order valence-corrected chi connectivity index (χ3v) is 0.972. The highest BCUT2D eigenvalue weighted by Crippen LogP contribution is 1.82. The Hall–Kier alpha value is -1.90. The topological polar surface area (TPSA) is 91.6 Å². The molecule has 0 fully saturated rings. The van der Waals surface area contributed by atoms with Gasteiger partial charge in [0.25, 0.3) is 5.91 Å². The molecule has 0 aromatic carbocycles. The number of carbonyl (C=O) groups is 2. The van der Waals surface area contributed by atoms with E-state index in [9.17, 15) is 9.59 Å². The molecule has 6 nitrogen and oxygen atoms in total. The summed E-state index contributed by atoms with van der Waals surface area (Å²) in [6.07, 6.45) is 0. The Labute approximate surface area is 75.2 Å². The zero-order valence-corrected chi connectivity index (χ0v) is 7.33. The first-order valence-corrected chi connectivity index (χ1v) is 3.43. The first-order valence-electron chi connectivity index (χ1n) is 3.43. The van der Waals surface area contributed by atoms with E-state index in [1.807, 2.05) is 0 Å². The Morgan fingerprint density at radius 1 is 1.62 bits per heavy atom. The second-order valence-corrected chi connectivity index (χ2v) is 2.11. The van der Waals surface area contributed by atoms with E-state index in [1.165, 1.54) is 20.0 Å². The maximum absolute atomic E-state index is 10.8. The quantitative estimate of drug-likeness (QED) is 0.457. The molecule has 0 aliphatic heterocycles. The van der Waals surface area contributed by atoms with Gasteiger partial charge >= 0.3 is 0 Å². The molecule has 13 heavy (non-hydrogen) atoms. The molecular formula is C7H9N3O3. The Balaban J connectivity index is 4.18. The van der Waals surface area contributed by atoms with Crippen molar-refractivity contribution in [2.45, 2.75) is 6.92 Å². The second-order valence-electron chi connectivity index (χ2n) is 2.11. The van der Waals surface area contributed by atoms with Gasteiger partial charge in [0.15, 0.2) is 12.4 Å². The van der Waals surface area contributed by atoms with Crippen LogP contribution in [0.1, 0.15) is 6.92 Å². The van der Waals surface area contributed by atoms with Crippen LogP contribution in [0.4, 0.5) is 0 Å². The molecule has 1 N–H and O–H groups in total. The molecule has 0 saturated carbocycles. The summed E-state index contributed by atoms with van der Waals surface area (Å²) in [6, 6.07) is 1.53. The van der Waals surface area contributed by atoms with Crippen LogP contribution in [0.2, 0.25) is 0 Å². The maximum Gasteiger partial charge on any atom is 0.284 e. The highest BCUT2D eigenvalue weighted by atomic mass is 16.6. The van der Waals surface area contributed by atoms with Crippen LogP contribution in [-0.4, -0.2) is 31.1 Å². The van der Waals surface area contributed by atoms with Crippen molar-refractivity contribution in [1.29, 1.82) is 5.26 Å². The molecule has 0 radical (unpaired) electrons. The Morgan fingerprint density at radius 3 is 2.62 bits per heavy atom. The van der Waals surface area contributed by atoms with Gasteiger partial charge in [-0.15, -0.1) is 0 Å². The van der Waals surface area contributed by atoms with Crippen LogP contribution in [0.15, 0.2) is 5.16 Å². The SMILES string of the molecule is CNC(=O)C(C#N)=NOCC(C)=O. The Morgan fingerprint density at radius 2 is 2.23 bits per heavy atom. The molecule has 0 aliphatic rings. The third-order valence-electron chi connectivity index (χ3n) is 0.972. The standard InChI is InChI=1S/C7H9N3O3/c1-5(11)4-13-10-6(3-8)7(12)9-2/h4H2,1-2H3,(H,9,12). The van der Waals surface area contributed by atoms with E-state index >= 15 is 0 Å². The van der Waals surface area contributed by atoms with Crippen LogP contribution in [0.25, 0.3) is 0 Å². The lowest BCUT2D eigenvalue weighted by Crippen LogP contribution is -2.26. The average molecular weight is 183 g/mol. The Bertz CT molecular complexity index is 277. The fraction of sp³-hybridized carbons (Fsp3) is 0.429. The number of hydrogen-bond donors (Lipinski definition) is 1. The maximum atomic E-state index is 10.8. The number of ketones is 1.